The number of fused-ring (bicyclic) bond motifs is 1. The van der Waals surface area contributed by atoms with Crippen molar-refractivity contribution < 1.29 is 19.1 Å². The fraction of sp³-hybridized carbons (Fsp3) is 0.474. The van der Waals surface area contributed by atoms with Crippen molar-refractivity contribution in [2.75, 3.05) is 5.32 Å². The third-order valence-electron chi connectivity index (χ3n) is 4.66. The lowest BCUT2D eigenvalue weighted by Gasteiger charge is -2.28. The molecular weight excluding hydrogens is 334 g/mol. The van der Waals surface area contributed by atoms with Crippen molar-refractivity contribution in [3.63, 3.8) is 0 Å². The predicted octanol–water partition coefficient (Wildman–Crippen LogP) is 2.17. The van der Waals surface area contributed by atoms with Gasteiger partial charge in [0.1, 0.15) is 5.54 Å². The first-order valence-electron chi connectivity index (χ1n) is 8.53. The average molecular weight is 357 g/mol. The van der Waals surface area contributed by atoms with Crippen LogP contribution in [0.3, 0.4) is 0 Å². The number of hydrogen-bond acceptors (Lipinski definition) is 5. The van der Waals surface area contributed by atoms with E-state index in [9.17, 15) is 19.6 Å². The summed E-state index contributed by atoms with van der Waals surface area (Å²) in [6, 6.07) is 6.94. The minimum absolute atomic E-state index is 0.0520. The Balaban J connectivity index is 2.04. The standard InChI is InChI=1S/C19H23N3O4/c1-11(2)19(4,10-20)22-17(24)12(3)26-18(25)14-5-7-15-13(9-14)6-8-16(23)21-15/h5,7,9,11-12H,6,8H2,1-4H3,(H,21,23)(H,22,24). The topological polar surface area (TPSA) is 108 Å². The molecule has 1 aliphatic rings. The van der Waals surface area contributed by atoms with Crippen LogP contribution in [0.1, 0.15) is 50.0 Å². The SMILES string of the molecule is CC(OC(=O)c1ccc2c(c1)CCC(=O)N2)C(=O)NC(C)(C#N)C(C)C. The van der Waals surface area contributed by atoms with Gasteiger partial charge in [-0.05, 0) is 49.9 Å². The highest BCUT2D eigenvalue weighted by Crippen LogP contribution is 2.24. The zero-order valence-electron chi connectivity index (χ0n) is 15.4. The fourth-order valence-corrected chi connectivity index (χ4v) is 2.45. The Labute approximate surface area is 152 Å². The summed E-state index contributed by atoms with van der Waals surface area (Å²) in [6.07, 6.45) is -0.121. The lowest BCUT2D eigenvalue weighted by Crippen LogP contribution is -2.52. The van der Waals surface area contributed by atoms with Gasteiger partial charge in [0.15, 0.2) is 6.10 Å². The molecule has 0 aliphatic carbocycles. The molecule has 7 nitrogen and oxygen atoms in total. The summed E-state index contributed by atoms with van der Waals surface area (Å²) in [5, 5.41) is 14.6. The molecule has 2 amide bonds. The predicted molar refractivity (Wildman–Crippen MR) is 95.3 cm³/mol. The first kappa shape index (κ1) is 19.4. The number of nitriles is 1. The molecule has 0 aromatic heterocycles. The molecule has 2 unspecified atom stereocenters. The molecule has 0 fully saturated rings. The number of hydrogen-bond donors (Lipinski definition) is 2. The maximum Gasteiger partial charge on any atom is 0.338 e. The summed E-state index contributed by atoms with van der Waals surface area (Å²) < 4.78 is 5.23. The number of rotatable bonds is 5. The van der Waals surface area contributed by atoms with Crippen LogP contribution < -0.4 is 10.6 Å². The molecule has 7 heteroatoms. The third kappa shape index (κ3) is 4.20. The Bertz CT molecular complexity index is 781. The first-order valence-corrected chi connectivity index (χ1v) is 8.53. The lowest BCUT2D eigenvalue weighted by molar-refractivity contribution is -0.130. The molecule has 26 heavy (non-hydrogen) atoms. The van der Waals surface area contributed by atoms with Crippen molar-refractivity contribution in [2.24, 2.45) is 5.92 Å². The molecule has 1 heterocycles. The number of carbonyl (C=O) groups excluding carboxylic acids is 3. The van der Waals surface area contributed by atoms with Crippen LogP contribution >= 0.6 is 0 Å². The molecule has 2 atom stereocenters. The Morgan fingerprint density at radius 1 is 1.31 bits per heavy atom. The number of anilines is 1. The summed E-state index contributed by atoms with van der Waals surface area (Å²) in [6.45, 7) is 6.74. The zero-order chi connectivity index (χ0) is 19.5. The van der Waals surface area contributed by atoms with Crippen LogP contribution in [0.5, 0.6) is 0 Å². The number of ether oxygens (including phenoxy) is 1. The number of benzene rings is 1. The van der Waals surface area contributed by atoms with E-state index in [1.54, 1.807) is 25.1 Å². The highest BCUT2D eigenvalue weighted by Gasteiger charge is 2.32. The van der Waals surface area contributed by atoms with E-state index >= 15 is 0 Å². The van der Waals surface area contributed by atoms with Gasteiger partial charge in [-0.25, -0.2) is 4.79 Å². The molecule has 0 saturated carbocycles. The number of amides is 2. The van der Waals surface area contributed by atoms with Crippen molar-refractivity contribution >= 4 is 23.5 Å². The minimum Gasteiger partial charge on any atom is -0.449 e. The van der Waals surface area contributed by atoms with E-state index in [4.69, 9.17) is 4.74 Å². The average Bonchev–Trinajstić information content (AvgIpc) is 2.60. The molecule has 2 N–H and O–H groups in total. The summed E-state index contributed by atoms with van der Waals surface area (Å²) in [5.41, 5.74) is 0.812. The van der Waals surface area contributed by atoms with E-state index in [0.717, 1.165) is 5.56 Å². The molecule has 1 aliphatic heterocycles. The Hall–Kier alpha value is -2.88. The van der Waals surface area contributed by atoms with Gasteiger partial charge in [-0.3, -0.25) is 9.59 Å². The van der Waals surface area contributed by atoms with Gasteiger partial charge in [-0.2, -0.15) is 5.26 Å². The molecule has 0 radical (unpaired) electrons. The highest BCUT2D eigenvalue weighted by molar-refractivity contribution is 5.96. The van der Waals surface area contributed by atoms with Crippen LogP contribution in [0.4, 0.5) is 5.69 Å². The Morgan fingerprint density at radius 3 is 2.62 bits per heavy atom. The van der Waals surface area contributed by atoms with E-state index in [1.165, 1.54) is 6.92 Å². The van der Waals surface area contributed by atoms with E-state index in [2.05, 4.69) is 16.7 Å². The second-order valence-electron chi connectivity index (χ2n) is 6.93. The normalized spacial score (nSPS) is 16.5. The molecule has 1 aromatic carbocycles. The monoisotopic (exact) mass is 357 g/mol. The van der Waals surface area contributed by atoms with E-state index in [-0.39, 0.29) is 11.8 Å². The minimum atomic E-state index is -1.04. The van der Waals surface area contributed by atoms with E-state index < -0.39 is 23.5 Å². The Morgan fingerprint density at radius 2 is 2.00 bits per heavy atom. The fourth-order valence-electron chi connectivity index (χ4n) is 2.45. The van der Waals surface area contributed by atoms with Crippen LogP contribution in [0.15, 0.2) is 18.2 Å². The smallest absolute Gasteiger partial charge is 0.338 e. The summed E-state index contributed by atoms with van der Waals surface area (Å²) >= 11 is 0. The first-order chi connectivity index (χ1) is 12.2. The molecule has 1 aromatic rings. The maximum absolute atomic E-state index is 12.3. The Kier molecular flexibility index (Phi) is 5.66. The van der Waals surface area contributed by atoms with Crippen LogP contribution in [-0.2, 0) is 20.7 Å². The number of aryl methyl sites for hydroxylation is 1. The van der Waals surface area contributed by atoms with Crippen LogP contribution in [0.25, 0.3) is 0 Å². The van der Waals surface area contributed by atoms with Gasteiger partial charge >= 0.3 is 5.97 Å². The highest BCUT2D eigenvalue weighted by atomic mass is 16.5. The van der Waals surface area contributed by atoms with Crippen molar-refractivity contribution in [3.05, 3.63) is 29.3 Å². The van der Waals surface area contributed by atoms with Crippen molar-refractivity contribution in [1.82, 2.24) is 5.32 Å². The van der Waals surface area contributed by atoms with Crippen molar-refractivity contribution in [1.29, 1.82) is 5.26 Å². The van der Waals surface area contributed by atoms with Gasteiger partial charge in [0.25, 0.3) is 5.91 Å². The molecule has 0 spiro atoms. The van der Waals surface area contributed by atoms with Gasteiger partial charge in [-0.15, -0.1) is 0 Å². The molecule has 0 saturated heterocycles. The van der Waals surface area contributed by atoms with E-state index in [1.807, 2.05) is 13.8 Å². The number of nitrogens with zero attached hydrogens (tertiary/aromatic N) is 1. The van der Waals surface area contributed by atoms with Crippen molar-refractivity contribution in [3.8, 4) is 6.07 Å². The second kappa shape index (κ2) is 7.56. The summed E-state index contributed by atoms with van der Waals surface area (Å²) in [7, 11) is 0. The molecule has 2 rings (SSSR count). The van der Waals surface area contributed by atoms with Gasteiger partial charge in [0.2, 0.25) is 5.91 Å². The molecular formula is C19H23N3O4. The van der Waals surface area contributed by atoms with Gasteiger partial charge < -0.3 is 15.4 Å². The summed E-state index contributed by atoms with van der Waals surface area (Å²) in [4.78, 5) is 36.0. The van der Waals surface area contributed by atoms with Gasteiger partial charge in [0.05, 0.1) is 11.6 Å². The molecule has 0 bridgehead atoms. The quantitative estimate of drug-likeness (QED) is 0.785. The number of nitrogens with one attached hydrogen (secondary N) is 2. The third-order valence-corrected chi connectivity index (χ3v) is 4.66. The van der Waals surface area contributed by atoms with Crippen LogP contribution in [0.2, 0.25) is 0 Å². The number of carbonyl (C=O) groups is 3. The molecule has 138 valence electrons. The van der Waals surface area contributed by atoms with Crippen LogP contribution in [-0.4, -0.2) is 29.4 Å². The van der Waals surface area contributed by atoms with Gasteiger partial charge in [0, 0.05) is 12.1 Å². The van der Waals surface area contributed by atoms with Crippen LogP contribution in [0, 0.1) is 17.2 Å². The zero-order valence-corrected chi connectivity index (χ0v) is 15.4. The lowest BCUT2D eigenvalue weighted by atomic mass is 9.90. The van der Waals surface area contributed by atoms with Gasteiger partial charge in [-0.1, -0.05) is 13.8 Å². The second-order valence-corrected chi connectivity index (χ2v) is 6.93. The number of esters is 1. The van der Waals surface area contributed by atoms with E-state index in [0.29, 0.717) is 24.1 Å². The summed E-state index contributed by atoms with van der Waals surface area (Å²) in [5.74, 6) is -1.31. The largest absolute Gasteiger partial charge is 0.449 e. The maximum atomic E-state index is 12.3. The van der Waals surface area contributed by atoms with Crippen molar-refractivity contribution in [2.45, 2.75) is 52.2 Å².